The maximum absolute atomic E-state index is 12.6. The Hall–Kier alpha value is -2.35. The van der Waals surface area contributed by atoms with E-state index in [1.165, 1.54) is 0 Å². The summed E-state index contributed by atoms with van der Waals surface area (Å²) in [7, 11) is 0. The summed E-state index contributed by atoms with van der Waals surface area (Å²) >= 11 is 12.1. The zero-order chi connectivity index (χ0) is 22.5. The largest absolute Gasteiger partial charge is 0.384 e. The maximum atomic E-state index is 12.6. The number of carbonyl (C=O) groups excluding carboxylic acids is 2. The van der Waals surface area contributed by atoms with Crippen LogP contribution in [-0.2, 0) is 22.6 Å². The zero-order valence-corrected chi connectivity index (χ0v) is 19.1. The fraction of sp³-hybridized carbons (Fsp3) is 0.409. The summed E-state index contributed by atoms with van der Waals surface area (Å²) in [5, 5.41) is 9.93. The van der Waals surface area contributed by atoms with Gasteiger partial charge in [-0.1, -0.05) is 35.3 Å². The minimum absolute atomic E-state index is 0.176. The van der Waals surface area contributed by atoms with Crippen LogP contribution in [-0.4, -0.2) is 35.4 Å². The number of nitrogen functional groups attached to an aromatic ring is 1. The predicted molar refractivity (Wildman–Crippen MR) is 123 cm³/mol. The fourth-order valence-electron chi connectivity index (χ4n) is 3.68. The molecule has 31 heavy (non-hydrogen) atoms. The summed E-state index contributed by atoms with van der Waals surface area (Å²) in [6.07, 6.45) is 1.50. The van der Waals surface area contributed by atoms with Gasteiger partial charge >= 0.3 is 0 Å². The second-order valence-electron chi connectivity index (χ2n) is 7.94. The highest BCUT2D eigenvalue weighted by Gasteiger charge is 2.31. The summed E-state index contributed by atoms with van der Waals surface area (Å²) in [4.78, 5) is 29.2. The van der Waals surface area contributed by atoms with Gasteiger partial charge in [0.2, 0.25) is 11.8 Å². The molecule has 1 aliphatic heterocycles. The van der Waals surface area contributed by atoms with Gasteiger partial charge in [0.15, 0.2) is 0 Å². The van der Waals surface area contributed by atoms with Crippen LogP contribution in [0.2, 0.25) is 10.0 Å². The van der Waals surface area contributed by atoms with Gasteiger partial charge in [-0.05, 0) is 68.5 Å². The summed E-state index contributed by atoms with van der Waals surface area (Å²) in [6.45, 7) is 4.56. The molecule has 2 heterocycles. The first kappa shape index (κ1) is 23.3. The molecule has 0 spiro atoms. The number of hydrogen-bond donors (Lipinski definition) is 4. The van der Waals surface area contributed by atoms with Crippen LogP contribution in [0.5, 0.6) is 0 Å². The van der Waals surface area contributed by atoms with E-state index in [-0.39, 0.29) is 17.9 Å². The number of nitrogens with zero attached hydrogens (tertiary/aromatic N) is 1. The number of aromatic nitrogens is 1. The Kier molecular flexibility index (Phi) is 7.75. The van der Waals surface area contributed by atoms with Crippen LogP contribution in [0.4, 0.5) is 5.82 Å². The van der Waals surface area contributed by atoms with Crippen molar-refractivity contribution < 1.29 is 9.59 Å². The lowest BCUT2D eigenvalue weighted by Gasteiger charge is -2.17. The van der Waals surface area contributed by atoms with Crippen molar-refractivity contribution >= 4 is 40.8 Å². The minimum atomic E-state index is -0.648. The van der Waals surface area contributed by atoms with Gasteiger partial charge in [0.25, 0.3) is 0 Å². The molecule has 1 unspecified atom stereocenters. The second kappa shape index (κ2) is 10.3. The van der Waals surface area contributed by atoms with E-state index in [0.717, 1.165) is 29.8 Å². The summed E-state index contributed by atoms with van der Waals surface area (Å²) < 4.78 is 0. The molecule has 3 atom stereocenters. The number of amides is 2. The zero-order valence-electron chi connectivity index (χ0n) is 17.5. The first-order chi connectivity index (χ1) is 14.7. The van der Waals surface area contributed by atoms with E-state index in [9.17, 15) is 9.59 Å². The van der Waals surface area contributed by atoms with Gasteiger partial charge in [0, 0.05) is 12.2 Å². The van der Waals surface area contributed by atoms with E-state index >= 15 is 0 Å². The van der Waals surface area contributed by atoms with Crippen molar-refractivity contribution in [2.45, 2.75) is 45.3 Å². The molecule has 5 N–H and O–H groups in total. The van der Waals surface area contributed by atoms with E-state index in [1.54, 1.807) is 19.1 Å². The highest BCUT2D eigenvalue weighted by Crippen LogP contribution is 2.26. The number of rotatable bonds is 7. The van der Waals surface area contributed by atoms with Crippen LogP contribution in [0.25, 0.3) is 0 Å². The highest BCUT2D eigenvalue weighted by molar-refractivity contribution is 6.42. The van der Waals surface area contributed by atoms with Gasteiger partial charge in [-0.3, -0.25) is 9.59 Å². The van der Waals surface area contributed by atoms with Crippen molar-refractivity contribution in [1.29, 1.82) is 0 Å². The molecule has 9 heteroatoms. The van der Waals surface area contributed by atoms with Crippen LogP contribution in [0, 0.1) is 12.8 Å². The number of nitrogens with one attached hydrogen (secondary N) is 3. The van der Waals surface area contributed by atoms with Crippen LogP contribution in [0.3, 0.4) is 0 Å². The molecule has 0 radical (unpaired) electrons. The molecule has 1 aromatic carbocycles. The lowest BCUT2D eigenvalue weighted by Crippen LogP contribution is -2.50. The number of aryl methyl sites for hydroxylation is 1. The number of nitrogens with two attached hydrogens (primary N) is 1. The number of carbonyl (C=O) groups is 2. The third kappa shape index (κ3) is 6.32. The summed E-state index contributed by atoms with van der Waals surface area (Å²) in [5.41, 5.74) is 8.38. The molecule has 1 aromatic heterocycles. The molecule has 166 valence electrons. The van der Waals surface area contributed by atoms with E-state index in [2.05, 4.69) is 20.9 Å². The first-order valence-corrected chi connectivity index (χ1v) is 11.0. The number of benzene rings is 1. The van der Waals surface area contributed by atoms with Gasteiger partial charge in [-0.2, -0.15) is 0 Å². The fourth-order valence-corrected chi connectivity index (χ4v) is 4.00. The quantitative estimate of drug-likeness (QED) is 0.504. The van der Waals surface area contributed by atoms with Crippen LogP contribution in [0.15, 0.2) is 30.3 Å². The molecule has 2 aromatic rings. The van der Waals surface area contributed by atoms with Crippen molar-refractivity contribution in [1.82, 2.24) is 20.9 Å². The van der Waals surface area contributed by atoms with Gasteiger partial charge in [-0.15, -0.1) is 0 Å². The van der Waals surface area contributed by atoms with Gasteiger partial charge in [0.1, 0.15) is 11.9 Å². The van der Waals surface area contributed by atoms with Crippen molar-refractivity contribution in [2.75, 3.05) is 12.3 Å². The van der Waals surface area contributed by atoms with Gasteiger partial charge in [0.05, 0.1) is 16.1 Å². The molecule has 2 amide bonds. The topological polar surface area (TPSA) is 109 Å². The predicted octanol–water partition coefficient (Wildman–Crippen LogP) is 2.62. The molecule has 3 rings (SSSR count). The number of hydrogen-bond acceptors (Lipinski definition) is 5. The van der Waals surface area contributed by atoms with Crippen LogP contribution >= 0.6 is 23.2 Å². The average Bonchev–Trinajstić information content (AvgIpc) is 3.18. The Morgan fingerprint density at radius 1 is 1.26 bits per heavy atom. The Morgan fingerprint density at radius 2 is 2.03 bits per heavy atom. The lowest BCUT2D eigenvalue weighted by atomic mass is 9.96. The molecule has 0 bridgehead atoms. The average molecular weight is 464 g/mol. The molecule has 7 nitrogen and oxygen atoms in total. The Balaban J connectivity index is 1.45. The minimum Gasteiger partial charge on any atom is -0.384 e. The Morgan fingerprint density at radius 3 is 2.74 bits per heavy atom. The first-order valence-electron chi connectivity index (χ1n) is 10.2. The third-order valence-electron chi connectivity index (χ3n) is 5.47. The van der Waals surface area contributed by atoms with Gasteiger partial charge in [-0.25, -0.2) is 4.98 Å². The molecule has 1 saturated heterocycles. The molecule has 0 saturated carbocycles. The Labute approximate surface area is 192 Å². The van der Waals surface area contributed by atoms with Crippen molar-refractivity contribution in [2.24, 2.45) is 5.92 Å². The van der Waals surface area contributed by atoms with Crippen molar-refractivity contribution in [3.05, 3.63) is 57.2 Å². The van der Waals surface area contributed by atoms with E-state index < -0.39 is 6.04 Å². The monoisotopic (exact) mass is 463 g/mol. The van der Waals surface area contributed by atoms with E-state index in [4.69, 9.17) is 28.9 Å². The molecule has 1 aliphatic rings. The Bertz CT molecular complexity index is 969. The SMILES string of the molecule is Cc1nc(N)ccc1CNC(=O)[C@H](C)NC(=O)C1C[C@H](Cc2ccc(Cl)c(Cl)c2)CN1. The molecule has 0 aliphatic carbocycles. The molecular weight excluding hydrogens is 437 g/mol. The number of anilines is 1. The third-order valence-corrected chi connectivity index (χ3v) is 6.21. The standard InChI is InChI=1S/C22H27Cl2N5O2/c1-12-16(4-6-20(25)28-12)11-27-21(30)13(2)29-22(31)19-9-15(10-26-19)7-14-3-5-17(23)18(24)8-14/h3-6,8,13,15,19,26H,7,9-11H2,1-2H3,(H2,25,28)(H,27,30)(H,29,31)/t13-,15-,19?/m0/s1. The maximum Gasteiger partial charge on any atom is 0.242 e. The van der Waals surface area contributed by atoms with E-state index in [0.29, 0.717) is 34.7 Å². The van der Waals surface area contributed by atoms with Crippen molar-refractivity contribution in [3.8, 4) is 0 Å². The summed E-state index contributed by atoms with van der Waals surface area (Å²) in [6, 6.07) is 8.15. The number of pyridine rings is 1. The molecule has 1 fully saturated rings. The van der Waals surface area contributed by atoms with Gasteiger partial charge < -0.3 is 21.7 Å². The highest BCUT2D eigenvalue weighted by atomic mass is 35.5. The summed E-state index contributed by atoms with van der Waals surface area (Å²) in [5.74, 6) is 0.312. The van der Waals surface area contributed by atoms with Crippen LogP contribution in [0.1, 0.15) is 30.2 Å². The van der Waals surface area contributed by atoms with Crippen LogP contribution < -0.4 is 21.7 Å². The van der Waals surface area contributed by atoms with E-state index in [1.807, 2.05) is 25.1 Å². The normalized spacial score (nSPS) is 19.1. The smallest absolute Gasteiger partial charge is 0.242 e. The second-order valence-corrected chi connectivity index (χ2v) is 8.76. The molecular formula is C22H27Cl2N5O2. The van der Waals surface area contributed by atoms with Crippen molar-refractivity contribution in [3.63, 3.8) is 0 Å². The number of halogens is 2. The lowest BCUT2D eigenvalue weighted by molar-refractivity contribution is -0.129.